The molecule has 2 aliphatic heterocycles. The Bertz CT molecular complexity index is 935. The monoisotopic (exact) mass is 461 g/mol. The van der Waals surface area contributed by atoms with Gasteiger partial charge in [0.15, 0.2) is 0 Å². The predicted molar refractivity (Wildman–Crippen MR) is 115 cm³/mol. The van der Waals surface area contributed by atoms with Crippen molar-refractivity contribution in [2.24, 2.45) is 5.73 Å². The number of carbonyl (C=O) groups excluding carboxylic acids is 3. The van der Waals surface area contributed by atoms with E-state index in [4.69, 9.17) is 5.73 Å². The summed E-state index contributed by atoms with van der Waals surface area (Å²) in [4.78, 5) is 63.0. The highest BCUT2D eigenvalue weighted by Gasteiger charge is 2.40. The molecule has 2 heterocycles. The standard InChI is InChI=1S/C21H27N5O7/c22-12-18(27)24-9-1-3-16(24)19(28)23-15(11-13-5-7-14(8-6-13)26(32)33)20(29)25-10-2-4-17(25)21(30)31/h5-8,15-17H,1-4,9-12,22H2,(H,23,28)(H,30,31)/t15-,16-,17-/m0/s1. The normalized spacial score (nSPS) is 21.0. The van der Waals surface area contributed by atoms with E-state index in [1.165, 1.54) is 34.1 Å². The maximum absolute atomic E-state index is 13.3. The number of hydrogen-bond donors (Lipinski definition) is 3. The molecule has 3 atom stereocenters. The van der Waals surface area contributed by atoms with Crippen LogP contribution in [0.2, 0.25) is 0 Å². The van der Waals surface area contributed by atoms with Crippen molar-refractivity contribution in [2.45, 2.75) is 50.2 Å². The Kier molecular flexibility index (Phi) is 7.59. The third-order valence-corrected chi connectivity index (χ3v) is 6.07. The highest BCUT2D eigenvalue weighted by atomic mass is 16.6. The molecular formula is C21H27N5O7. The van der Waals surface area contributed by atoms with E-state index in [9.17, 15) is 34.4 Å². The minimum absolute atomic E-state index is 0.0168. The first-order chi connectivity index (χ1) is 15.7. The molecule has 178 valence electrons. The number of carboxylic acid groups (broad SMARTS) is 1. The summed E-state index contributed by atoms with van der Waals surface area (Å²) in [6, 6.07) is 2.75. The lowest BCUT2D eigenvalue weighted by Gasteiger charge is -2.30. The Morgan fingerprint density at radius 1 is 1.09 bits per heavy atom. The Balaban J connectivity index is 1.82. The van der Waals surface area contributed by atoms with Crippen LogP contribution < -0.4 is 11.1 Å². The van der Waals surface area contributed by atoms with Crippen LogP contribution in [0.15, 0.2) is 24.3 Å². The van der Waals surface area contributed by atoms with Crippen LogP contribution >= 0.6 is 0 Å². The van der Waals surface area contributed by atoms with Gasteiger partial charge < -0.3 is 26.0 Å². The first kappa shape index (κ1) is 24.1. The Morgan fingerprint density at radius 3 is 2.27 bits per heavy atom. The van der Waals surface area contributed by atoms with E-state index >= 15 is 0 Å². The number of non-ortho nitro benzene ring substituents is 1. The van der Waals surface area contributed by atoms with Crippen molar-refractivity contribution in [3.63, 3.8) is 0 Å². The first-order valence-corrected chi connectivity index (χ1v) is 10.8. The molecule has 0 aromatic heterocycles. The van der Waals surface area contributed by atoms with Crippen molar-refractivity contribution in [3.8, 4) is 0 Å². The second-order valence-corrected chi connectivity index (χ2v) is 8.17. The zero-order valence-electron chi connectivity index (χ0n) is 18.0. The molecule has 12 heteroatoms. The molecule has 3 amide bonds. The van der Waals surface area contributed by atoms with E-state index < -0.39 is 40.8 Å². The Morgan fingerprint density at radius 2 is 1.70 bits per heavy atom. The van der Waals surface area contributed by atoms with Crippen molar-refractivity contribution < 1.29 is 29.2 Å². The molecule has 4 N–H and O–H groups in total. The van der Waals surface area contributed by atoms with Crippen LogP contribution in [0.3, 0.4) is 0 Å². The molecule has 1 aromatic carbocycles. The number of hydrogen-bond acceptors (Lipinski definition) is 7. The van der Waals surface area contributed by atoms with Gasteiger partial charge in [-0.05, 0) is 31.2 Å². The molecule has 3 rings (SSSR count). The van der Waals surface area contributed by atoms with E-state index in [-0.39, 0.29) is 31.1 Å². The largest absolute Gasteiger partial charge is 0.480 e. The number of likely N-dealkylation sites (tertiary alicyclic amines) is 2. The van der Waals surface area contributed by atoms with Gasteiger partial charge >= 0.3 is 5.97 Å². The lowest BCUT2D eigenvalue weighted by molar-refractivity contribution is -0.384. The van der Waals surface area contributed by atoms with Crippen LogP contribution in [0.1, 0.15) is 31.2 Å². The lowest BCUT2D eigenvalue weighted by atomic mass is 10.0. The zero-order chi connectivity index (χ0) is 24.1. The molecule has 0 radical (unpaired) electrons. The number of carboxylic acids is 1. The van der Waals surface area contributed by atoms with Gasteiger partial charge in [0.2, 0.25) is 17.7 Å². The van der Waals surface area contributed by atoms with Gasteiger partial charge in [-0.1, -0.05) is 12.1 Å². The number of aliphatic carboxylic acids is 1. The molecule has 0 saturated carbocycles. The maximum atomic E-state index is 13.3. The fourth-order valence-electron chi connectivity index (χ4n) is 4.40. The minimum atomic E-state index is -1.11. The number of nitro benzene ring substituents is 1. The van der Waals surface area contributed by atoms with Crippen LogP contribution in [0.4, 0.5) is 5.69 Å². The Labute approximate surface area is 189 Å². The summed E-state index contributed by atoms with van der Waals surface area (Å²) in [5, 5.41) is 23.1. The summed E-state index contributed by atoms with van der Waals surface area (Å²) in [6.45, 7) is 0.412. The molecule has 0 bridgehead atoms. The van der Waals surface area contributed by atoms with Gasteiger partial charge in [0.1, 0.15) is 18.1 Å². The maximum Gasteiger partial charge on any atom is 0.326 e. The molecule has 2 aliphatic rings. The molecule has 0 aliphatic carbocycles. The molecule has 2 fully saturated rings. The predicted octanol–water partition coefficient (Wildman–Crippen LogP) is -0.353. The van der Waals surface area contributed by atoms with Gasteiger partial charge in [-0.25, -0.2) is 4.79 Å². The second kappa shape index (κ2) is 10.4. The van der Waals surface area contributed by atoms with Crippen molar-refractivity contribution in [3.05, 3.63) is 39.9 Å². The summed E-state index contributed by atoms with van der Waals surface area (Å²) >= 11 is 0. The van der Waals surface area contributed by atoms with Crippen LogP contribution in [0, 0.1) is 10.1 Å². The SMILES string of the molecule is NCC(=O)N1CCC[C@H]1C(=O)N[C@@H](Cc1ccc([N+](=O)[O-])cc1)C(=O)N1CCC[C@H]1C(=O)O. The van der Waals surface area contributed by atoms with Crippen LogP contribution in [-0.4, -0.2) is 81.3 Å². The van der Waals surface area contributed by atoms with Crippen molar-refractivity contribution >= 4 is 29.4 Å². The van der Waals surface area contributed by atoms with E-state index in [1.54, 1.807) is 0 Å². The topological polar surface area (TPSA) is 176 Å². The van der Waals surface area contributed by atoms with E-state index in [2.05, 4.69) is 5.32 Å². The van der Waals surface area contributed by atoms with Gasteiger partial charge in [-0.3, -0.25) is 24.5 Å². The first-order valence-electron chi connectivity index (χ1n) is 10.8. The van der Waals surface area contributed by atoms with Crippen LogP contribution in [0.25, 0.3) is 0 Å². The van der Waals surface area contributed by atoms with Crippen LogP contribution in [-0.2, 0) is 25.6 Å². The van der Waals surface area contributed by atoms with Crippen molar-refractivity contribution in [1.29, 1.82) is 0 Å². The number of nitrogens with zero attached hydrogens (tertiary/aromatic N) is 3. The summed E-state index contributed by atoms with van der Waals surface area (Å²) in [5.74, 6) is -2.53. The number of benzene rings is 1. The van der Waals surface area contributed by atoms with Crippen molar-refractivity contribution in [2.75, 3.05) is 19.6 Å². The highest BCUT2D eigenvalue weighted by molar-refractivity contribution is 5.94. The third-order valence-electron chi connectivity index (χ3n) is 6.07. The smallest absolute Gasteiger partial charge is 0.326 e. The molecule has 12 nitrogen and oxygen atoms in total. The Hall–Kier alpha value is -3.54. The molecule has 2 saturated heterocycles. The summed E-state index contributed by atoms with van der Waals surface area (Å²) in [6.07, 6.45) is 1.92. The fraction of sp³-hybridized carbons (Fsp3) is 0.524. The summed E-state index contributed by atoms with van der Waals surface area (Å²) in [5.41, 5.74) is 5.89. The molecule has 0 unspecified atom stereocenters. The number of nitrogens with one attached hydrogen (secondary N) is 1. The van der Waals surface area contributed by atoms with Gasteiger partial charge in [-0.15, -0.1) is 0 Å². The average molecular weight is 461 g/mol. The fourth-order valence-corrected chi connectivity index (χ4v) is 4.40. The molecule has 0 spiro atoms. The number of carbonyl (C=O) groups is 4. The number of amides is 3. The lowest BCUT2D eigenvalue weighted by Crippen LogP contribution is -2.56. The van der Waals surface area contributed by atoms with Crippen molar-refractivity contribution in [1.82, 2.24) is 15.1 Å². The van der Waals surface area contributed by atoms with Gasteiger partial charge in [0.25, 0.3) is 5.69 Å². The average Bonchev–Trinajstić information content (AvgIpc) is 3.48. The van der Waals surface area contributed by atoms with E-state index in [0.717, 1.165) is 0 Å². The minimum Gasteiger partial charge on any atom is -0.480 e. The number of nitrogens with two attached hydrogens (primary N) is 1. The number of nitro groups is 1. The van der Waals surface area contributed by atoms with Crippen LogP contribution in [0.5, 0.6) is 0 Å². The molecule has 33 heavy (non-hydrogen) atoms. The zero-order valence-corrected chi connectivity index (χ0v) is 18.0. The highest BCUT2D eigenvalue weighted by Crippen LogP contribution is 2.22. The van der Waals surface area contributed by atoms with Gasteiger partial charge in [0.05, 0.1) is 11.5 Å². The van der Waals surface area contributed by atoms with Gasteiger partial charge in [0, 0.05) is 31.6 Å². The molecule has 1 aromatic rings. The third kappa shape index (κ3) is 5.45. The quantitative estimate of drug-likeness (QED) is 0.347. The van der Waals surface area contributed by atoms with Gasteiger partial charge in [-0.2, -0.15) is 0 Å². The number of rotatable bonds is 8. The summed E-state index contributed by atoms with van der Waals surface area (Å²) < 4.78 is 0. The molecular weight excluding hydrogens is 434 g/mol. The van der Waals surface area contributed by atoms with E-state index in [0.29, 0.717) is 37.8 Å². The second-order valence-electron chi connectivity index (χ2n) is 8.17. The summed E-state index contributed by atoms with van der Waals surface area (Å²) in [7, 11) is 0. The van der Waals surface area contributed by atoms with E-state index in [1.807, 2.05) is 0 Å².